The lowest BCUT2D eigenvalue weighted by atomic mass is 9.62. The summed E-state index contributed by atoms with van der Waals surface area (Å²) in [5.74, 6) is 0.432. The molecular weight excluding hydrogens is 260 g/mol. The lowest BCUT2D eigenvalue weighted by molar-refractivity contribution is 0.00795. The van der Waals surface area contributed by atoms with Crippen LogP contribution >= 0.6 is 0 Å². The van der Waals surface area contributed by atoms with Gasteiger partial charge in [0.25, 0.3) is 0 Å². The Labute approximate surface area is 128 Å². The van der Waals surface area contributed by atoms with E-state index in [-0.39, 0.29) is 16.9 Å². The average molecular weight is 290 g/mol. The molecule has 0 aromatic heterocycles. The zero-order valence-corrected chi connectivity index (χ0v) is 13.7. The summed E-state index contributed by atoms with van der Waals surface area (Å²) in [5.41, 5.74) is 1.41. The van der Waals surface area contributed by atoms with Crippen molar-refractivity contribution in [2.45, 2.75) is 77.4 Å². The molecule has 3 aliphatic carbocycles. The van der Waals surface area contributed by atoms with Gasteiger partial charge in [-0.05, 0) is 70.1 Å². The maximum atomic E-state index is 10.3. The van der Waals surface area contributed by atoms with E-state index in [9.17, 15) is 10.2 Å². The number of aliphatic hydroxyl groups is 2. The van der Waals surface area contributed by atoms with E-state index in [1.54, 1.807) is 5.57 Å². The molecule has 2 nitrogen and oxygen atoms in total. The van der Waals surface area contributed by atoms with Crippen LogP contribution < -0.4 is 0 Å². The van der Waals surface area contributed by atoms with Gasteiger partial charge in [0.1, 0.15) is 0 Å². The summed E-state index contributed by atoms with van der Waals surface area (Å²) >= 11 is 0. The van der Waals surface area contributed by atoms with Gasteiger partial charge in [-0.1, -0.05) is 30.7 Å². The van der Waals surface area contributed by atoms with Gasteiger partial charge in [0.05, 0.1) is 11.7 Å². The second-order valence-electron chi connectivity index (χ2n) is 8.41. The lowest BCUT2D eigenvalue weighted by Crippen LogP contribution is -2.39. The van der Waals surface area contributed by atoms with Crippen LogP contribution in [0.1, 0.15) is 65.7 Å². The molecule has 0 bridgehead atoms. The van der Waals surface area contributed by atoms with Gasteiger partial charge in [-0.25, -0.2) is 0 Å². The smallest absolute Gasteiger partial charge is 0.0626 e. The maximum absolute atomic E-state index is 10.3. The van der Waals surface area contributed by atoms with Crippen LogP contribution in [0, 0.1) is 16.7 Å². The second-order valence-corrected chi connectivity index (χ2v) is 8.41. The highest BCUT2D eigenvalue weighted by atomic mass is 16.3. The van der Waals surface area contributed by atoms with E-state index in [1.165, 1.54) is 19.3 Å². The quantitative estimate of drug-likeness (QED) is 0.769. The summed E-state index contributed by atoms with van der Waals surface area (Å²) in [5, 5.41) is 20.2. The molecule has 2 heteroatoms. The van der Waals surface area contributed by atoms with Gasteiger partial charge in [0.15, 0.2) is 0 Å². The first-order chi connectivity index (χ1) is 9.77. The summed E-state index contributed by atoms with van der Waals surface area (Å²) < 4.78 is 0. The summed E-state index contributed by atoms with van der Waals surface area (Å²) in [6, 6.07) is 0. The fraction of sp³-hybridized carbons (Fsp3) is 0.789. The van der Waals surface area contributed by atoms with E-state index in [0.717, 1.165) is 19.3 Å². The van der Waals surface area contributed by atoms with E-state index in [0.29, 0.717) is 12.3 Å². The fourth-order valence-corrected chi connectivity index (χ4v) is 4.72. The van der Waals surface area contributed by atoms with Gasteiger partial charge in [-0.15, -0.1) is 0 Å². The summed E-state index contributed by atoms with van der Waals surface area (Å²) in [6.07, 6.45) is 14.4. The second kappa shape index (κ2) is 4.96. The first-order valence-corrected chi connectivity index (χ1v) is 8.56. The molecular formula is C19H30O2. The Balaban J connectivity index is 1.78. The fourth-order valence-electron chi connectivity index (χ4n) is 4.72. The van der Waals surface area contributed by atoms with Crippen molar-refractivity contribution in [1.29, 1.82) is 0 Å². The first kappa shape index (κ1) is 15.3. The average Bonchev–Trinajstić information content (AvgIpc) is 3.03. The highest BCUT2D eigenvalue weighted by Crippen LogP contribution is 2.65. The van der Waals surface area contributed by atoms with Crippen molar-refractivity contribution in [3.8, 4) is 0 Å². The molecule has 0 saturated heterocycles. The highest BCUT2D eigenvalue weighted by molar-refractivity contribution is 5.39. The number of aliphatic hydroxyl groups excluding tert-OH is 1. The van der Waals surface area contributed by atoms with Gasteiger partial charge >= 0.3 is 0 Å². The maximum Gasteiger partial charge on any atom is 0.0626 e. The minimum absolute atomic E-state index is 0.117. The van der Waals surface area contributed by atoms with Crippen molar-refractivity contribution >= 4 is 0 Å². The molecule has 0 amide bonds. The Hall–Kier alpha value is -0.600. The largest absolute Gasteiger partial charge is 0.393 e. The van der Waals surface area contributed by atoms with Crippen LogP contribution in [0.15, 0.2) is 23.8 Å². The van der Waals surface area contributed by atoms with Crippen molar-refractivity contribution in [2.75, 3.05) is 0 Å². The molecule has 0 unspecified atom stereocenters. The minimum atomic E-state index is -0.621. The van der Waals surface area contributed by atoms with Gasteiger partial charge in [0.2, 0.25) is 0 Å². The van der Waals surface area contributed by atoms with E-state index < -0.39 is 5.60 Å². The third-order valence-electron chi connectivity index (χ3n) is 6.05. The van der Waals surface area contributed by atoms with Gasteiger partial charge in [-0.3, -0.25) is 0 Å². The van der Waals surface area contributed by atoms with Crippen LogP contribution in [0.2, 0.25) is 0 Å². The minimum Gasteiger partial charge on any atom is -0.393 e. The van der Waals surface area contributed by atoms with Crippen molar-refractivity contribution < 1.29 is 10.2 Å². The van der Waals surface area contributed by atoms with Crippen LogP contribution in [-0.2, 0) is 0 Å². The molecule has 3 atom stereocenters. The number of hydrogen-bond donors (Lipinski definition) is 2. The first-order valence-electron chi connectivity index (χ1n) is 8.56. The molecule has 118 valence electrons. The molecule has 21 heavy (non-hydrogen) atoms. The van der Waals surface area contributed by atoms with E-state index >= 15 is 0 Å². The molecule has 0 aromatic carbocycles. The van der Waals surface area contributed by atoms with E-state index in [1.807, 2.05) is 13.8 Å². The van der Waals surface area contributed by atoms with E-state index in [2.05, 4.69) is 25.2 Å². The molecule has 0 heterocycles. The van der Waals surface area contributed by atoms with Crippen molar-refractivity contribution in [1.82, 2.24) is 0 Å². The monoisotopic (exact) mass is 290 g/mol. The third-order valence-corrected chi connectivity index (χ3v) is 6.05. The zero-order chi connectivity index (χ0) is 15.3. The lowest BCUT2D eigenvalue weighted by Gasteiger charge is -2.44. The Morgan fingerprint density at radius 2 is 2.05 bits per heavy atom. The van der Waals surface area contributed by atoms with Crippen molar-refractivity contribution in [3.63, 3.8) is 0 Å². The summed E-state index contributed by atoms with van der Waals surface area (Å²) in [6.45, 7) is 6.10. The van der Waals surface area contributed by atoms with Gasteiger partial charge in [0, 0.05) is 5.41 Å². The number of rotatable bonds is 4. The topological polar surface area (TPSA) is 40.5 Å². The Bertz CT molecular complexity index is 464. The Morgan fingerprint density at radius 3 is 2.67 bits per heavy atom. The zero-order valence-electron chi connectivity index (χ0n) is 13.7. The predicted octanol–water partition coefficient (Wildman–Crippen LogP) is 3.98. The summed E-state index contributed by atoms with van der Waals surface area (Å²) in [4.78, 5) is 0. The molecule has 3 rings (SSSR count). The molecule has 0 aliphatic heterocycles. The van der Waals surface area contributed by atoms with Gasteiger partial charge < -0.3 is 10.2 Å². The predicted molar refractivity (Wildman–Crippen MR) is 85.9 cm³/mol. The molecule has 2 N–H and O–H groups in total. The Morgan fingerprint density at radius 1 is 1.33 bits per heavy atom. The van der Waals surface area contributed by atoms with Gasteiger partial charge in [-0.2, -0.15) is 0 Å². The molecule has 0 aromatic rings. The standard InChI is InChI=1S/C19H30O2/c1-17(2,21)9-5-11-19(12-13-19)16-8-7-14-15(20)6-4-10-18(14,16)3/h5,8,11,14-15,20-21H,4,6-7,9-10,12-13H2,1-3H3/b11-5+/t14-,15-,18+/m0/s1. The molecule has 0 radical (unpaired) electrons. The normalized spacial score (nSPS) is 38.4. The van der Waals surface area contributed by atoms with Crippen LogP contribution in [-0.4, -0.2) is 21.9 Å². The van der Waals surface area contributed by atoms with E-state index in [4.69, 9.17) is 0 Å². The summed E-state index contributed by atoms with van der Waals surface area (Å²) in [7, 11) is 0. The number of allylic oxidation sites excluding steroid dienone is 3. The SMILES string of the molecule is CC(C)(O)C/C=C/C1(C2=CC[C@H]3[C@@H](O)CCC[C@@]23C)CC1. The molecule has 0 spiro atoms. The van der Waals surface area contributed by atoms with Crippen molar-refractivity contribution in [3.05, 3.63) is 23.8 Å². The molecule has 2 fully saturated rings. The molecule has 2 saturated carbocycles. The van der Waals surface area contributed by atoms with Crippen LogP contribution in [0.4, 0.5) is 0 Å². The third kappa shape index (κ3) is 2.73. The Kier molecular flexibility index (Phi) is 3.61. The van der Waals surface area contributed by atoms with Crippen molar-refractivity contribution in [2.24, 2.45) is 16.7 Å². The number of hydrogen-bond acceptors (Lipinski definition) is 2. The van der Waals surface area contributed by atoms with Crippen LogP contribution in [0.3, 0.4) is 0 Å². The van der Waals surface area contributed by atoms with Crippen LogP contribution in [0.25, 0.3) is 0 Å². The number of fused-ring (bicyclic) bond motifs is 1. The molecule has 3 aliphatic rings. The highest BCUT2D eigenvalue weighted by Gasteiger charge is 2.56. The van der Waals surface area contributed by atoms with Crippen LogP contribution in [0.5, 0.6) is 0 Å².